The van der Waals surface area contributed by atoms with Crippen molar-refractivity contribution in [2.75, 3.05) is 108 Å². The van der Waals surface area contributed by atoms with Gasteiger partial charge in [-0.15, -0.1) is 0 Å². The number of benzene rings is 9. The van der Waals surface area contributed by atoms with Crippen molar-refractivity contribution in [3.63, 3.8) is 0 Å². The first-order valence-electron chi connectivity index (χ1n) is 35.5. The zero-order valence-electron chi connectivity index (χ0n) is 65.6. The van der Waals surface area contributed by atoms with Crippen LogP contribution in [0.25, 0.3) is 0 Å². The molecule has 0 unspecified atom stereocenters. The third-order valence-electron chi connectivity index (χ3n) is 17.9. The minimum Gasteiger partial charge on any atom is -0.478 e. The van der Waals surface area contributed by atoms with Gasteiger partial charge in [0.05, 0.1) is 118 Å². The topological polar surface area (TPSA) is 358 Å². The number of amides is 6. The predicted molar refractivity (Wildman–Crippen MR) is 454 cm³/mol. The minimum atomic E-state index is -1.05. The number of methoxy groups -OCH3 is 5. The van der Waals surface area contributed by atoms with Crippen molar-refractivity contribution in [3.8, 4) is 0 Å². The Morgan fingerprint density at radius 2 is 0.805 bits per heavy atom. The molecular weight excluding hydrogens is 1650 g/mol. The number of carboxylic acids is 1. The van der Waals surface area contributed by atoms with E-state index < -0.39 is 77.6 Å². The first kappa shape index (κ1) is 92.9. The summed E-state index contributed by atoms with van der Waals surface area (Å²) >= 11 is 36.5. The third kappa shape index (κ3) is 25.1. The van der Waals surface area contributed by atoms with Crippen LogP contribution in [0.2, 0.25) is 30.1 Å². The summed E-state index contributed by atoms with van der Waals surface area (Å²) in [5, 5.41) is 20.5. The molecule has 0 fully saturated rings. The summed E-state index contributed by atoms with van der Waals surface area (Å²) in [5.74, 6) is -6.83. The number of nitrogens with zero attached hydrogens (tertiary/aromatic N) is 4. The van der Waals surface area contributed by atoms with Crippen molar-refractivity contribution in [2.24, 2.45) is 0 Å². The van der Waals surface area contributed by atoms with Crippen LogP contribution in [-0.4, -0.2) is 172 Å². The quantitative estimate of drug-likeness (QED) is 0.0134. The maximum atomic E-state index is 13.3. The molecule has 1 aliphatic heterocycles. The molecule has 1 heterocycles. The fourth-order valence-electron chi connectivity index (χ4n) is 11.6. The lowest BCUT2D eigenvalue weighted by Gasteiger charge is -2.28. The zero-order chi connectivity index (χ0) is 86.9. The average Bonchev–Trinajstić information content (AvgIpc) is 0.769. The highest BCUT2D eigenvalue weighted by atomic mass is 35.5. The lowest BCUT2D eigenvalue weighted by Crippen LogP contribution is -2.43. The van der Waals surface area contributed by atoms with Gasteiger partial charge < -0.3 is 70.5 Å². The van der Waals surface area contributed by atoms with E-state index >= 15 is 0 Å². The number of nitrogens with one attached hydrogen (secondary N) is 4. The van der Waals surface area contributed by atoms with E-state index in [1.165, 1.54) is 84.1 Å². The number of hydrogen-bond acceptors (Lipinski definition) is 21. The van der Waals surface area contributed by atoms with Crippen molar-refractivity contribution in [2.45, 2.75) is 50.2 Å². The molecule has 0 radical (unpaired) electrons. The monoisotopic (exact) mass is 1730 g/mol. The van der Waals surface area contributed by atoms with E-state index in [-0.39, 0.29) is 96.3 Å². The van der Waals surface area contributed by atoms with Crippen molar-refractivity contribution in [1.82, 2.24) is 16.0 Å². The summed E-state index contributed by atoms with van der Waals surface area (Å²) in [6.45, 7) is 0. The van der Waals surface area contributed by atoms with Crippen LogP contribution in [-0.2, 0) is 79.8 Å². The van der Waals surface area contributed by atoms with E-state index in [0.29, 0.717) is 61.6 Å². The second-order valence-electron chi connectivity index (χ2n) is 26.5. The van der Waals surface area contributed by atoms with Crippen molar-refractivity contribution < 1.29 is 86.3 Å². The Bertz CT molecular complexity index is 5170. The normalized spacial score (nSPS) is 11.9. The van der Waals surface area contributed by atoms with E-state index in [1.807, 2.05) is 75.2 Å². The number of carbonyl (C=O) groups is 12. The van der Waals surface area contributed by atoms with Crippen LogP contribution in [0.3, 0.4) is 0 Å². The van der Waals surface area contributed by atoms with E-state index in [2.05, 4.69) is 26.0 Å². The average molecular weight is 1730 g/mol. The van der Waals surface area contributed by atoms with E-state index in [1.54, 1.807) is 115 Å². The number of nitrogens with two attached hydrogens (primary N) is 1. The van der Waals surface area contributed by atoms with Gasteiger partial charge in [-0.2, -0.15) is 0 Å². The molecule has 0 aromatic heterocycles. The van der Waals surface area contributed by atoms with E-state index in [4.69, 9.17) is 99.4 Å². The number of carbonyl (C=O) groups excluding carboxylic acids is 11. The van der Waals surface area contributed by atoms with Crippen molar-refractivity contribution >= 4 is 175 Å². The molecule has 9 aromatic rings. The van der Waals surface area contributed by atoms with Crippen LogP contribution in [0.1, 0.15) is 100 Å². The number of imide groups is 1. The van der Waals surface area contributed by atoms with E-state index in [9.17, 15) is 57.5 Å². The Labute approximate surface area is 710 Å². The third-order valence-corrected chi connectivity index (χ3v) is 19.7. The first-order chi connectivity index (χ1) is 56.0. The minimum absolute atomic E-state index is 0.0407. The molecule has 27 nitrogen and oxygen atoms in total. The maximum absolute atomic E-state index is 13.3. The lowest BCUT2D eigenvalue weighted by atomic mass is 9.96. The smallest absolute Gasteiger partial charge is 0.340 e. The van der Waals surface area contributed by atoms with Gasteiger partial charge in [-0.1, -0.05) is 136 Å². The summed E-state index contributed by atoms with van der Waals surface area (Å²) in [6, 6.07) is 46.2. The molecule has 0 aliphatic carbocycles. The van der Waals surface area contributed by atoms with Crippen LogP contribution >= 0.6 is 69.6 Å². The van der Waals surface area contributed by atoms with Gasteiger partial charge in [0.2, 0.25) is 11.8 Å². The summed E-state index contributed by atoms with van der Waals surface area (Å²) in [7, 11) is 17.5. The summed E-state index contributed by atoms with van der Waals surface area (Å²) in [6.07, 6.45) is 0.395. The molecule has 6 amide bonds. The molecular formula is C85H83Cl6N9O18. The first-order valence-corrected chi connectivity index (χ1v) is 37.8. The number of ether oxygens (including phenoxy) is 5. The van der Waals surface area contributed by atoms with Gasteiger partial charge in [0.15, 0.2) is 0 Å². The lowest BCUT2D eigenvalue weighted by molar-refractivity contribution is -0.143. The highest BCUT2D eigenvalue weighted by Crippen LogP contribution is 2.32. The van der Waals surface area contributed by atoms with Gasteiger partial charge in [0, 0.05) is 95.5 Å². The van der Waals surface area contributed by atoms with Crippen LogP contribution in [0.15, 0.2) is 182 Å². The van der Waals surface area contributed by atoms with Gasteiger partial charge in [-0.25, -0.2) is 33.7 Å². The van der Waals surface area contributed by atoms with Gasteiger partial charge in [-0.05, 0) is 143 Å². The number of aromatic carboxylic acids is 1. The van der Waals surface area contributed by atoms with Gasteiger partial charge >= 0.3 is 35.8 Å². The second kappa shape index (κ2) is 43.6. The van der Waals surface area contributed by atoms with Crippen LogP contribution in [0, 0.1) is 0 Å². The van der Waals surface area contributed by atoms with Crippen LogP contribution < -0.4 is 46.6 Å². The van der Waals surface area contributed by atoms with Crippen LogP contribution in [0.4, 0.5) is 34.1 Å². The molecule has 118 heavy (non-hydrogen) atoms. The second-order valence-corrected chi connectivity index (χ2v) is 28.9. The highest BCUT2D eigenvalue weighted by molar-refractivity contribution is 6.41. The molecule has 0 spiro atoms. The molecule has 9 aromatic carbocycles. The molecule has 618 valence electrons. The molecule has 33 heteroatoms. The SMILES string of the molecule is COC(=O)[C@H](Cc1ccc(C(=O)O)cc1)NC(=O)c1c(Cl)cccc1Cl.COC(=O)[C@H](Cc1ccc(N2C(=O)Cc3ccc(N(C)C)cc3C2=O)cc1)NC(=O)c1c(Cl)cccc1Cl.COC(=O)c1cc(N(C)C)ccc1CC(=O)Nc1ccc(C[C@H](NC(=O)c2c(Cl)cccc2Cl)C(=O)OC)cc1.COC(=O)c1cc(N(C)C)ccc1N. The van der Waals surface area contributed by atoms with Crippen LogP contribution in [0.5, 0.6) is 0 Å². The Balaban J connectivity index is 0.000000229. The molecule has 3 atom stereocenters. The van der Waals surface area contributed by atoms with Crippen molar-refractivity contribution in [1.29, 1.82) is 0 Å². The standard InChI is InChI=1S/C29H29Cl2N3O6.C28H25Cl2N3O5.C18H15Cl2NO5.C10H14N2O2/c1-34(2)20-13-10-18(21(16-20)28(37)39-3)15-25(35)32-19-11-8-17(9-12-19)14-24(29(38)40-4)33-27(36)26-22(30)6-5-7-23(26)31;1-32(2)19-12-9-17-14-24(34)33(27(36)20(17)15-19)18-10-7-16(8-11-18)13-23(28(37)38-3)31-26(35)25-21(29)5-4-6-22(25)30;1-26-18(25)14(9-10-5-7-11(8-6-10)17(23)24)21-16(22)15-12(19)3-2-4-13(15)20;1-12(2)7-4-5-9(11)8(6-7)10(13)14-3/h5-13,16,24H,14-15H2,1-4H3,(H,32,35)(H,33,36);4-12,15,23H,13-14H2,1-3H3,(H,31,35);2-8,14H,9H2,1H3,(H,21,22)(H,23,24);4-6H,11H2,1-3H3/t24-;23-;14-;/m000./s1. The molecule has 0 saturated heterocycles. The van der Waals surface area contributed by atoms with Gasteiger partial charge in [0.25, 0.3) is 23.6 Å². The summed E-state index contributed by atoms with van der Waals surface area (Å²) < 4.78 is 24.0. The molecule has 0 bridgehead atoms. The predicted octanol–water partition coefficient (Wildman–Crippen LogP) is 13.2. The fourth-order valence-corrected chi connectivity index (χ4v) is 13.3. The number of carboxylic acid groups (broad SMARTS) is 1. The number of rotatable bonds is 25. The van der Waals surface area contributed by atoms with Gasteiger partial charge in [-0.3, -0.25) is 28.8 Å². The number of halogens is 6. The summed E-state index contributed by atoms with van der Waals surface area (Å²) in [5.41, 5.74) is 14.3. The van der Waals surface area contributed by atoms with E-state index in [0.717, 1.165) is 22.0 Å². The molecule has 7 N–H and O–H groups in total. The Morgan fingerprint density at radius 1 is 0.449 bits per heavy atom. The Hall–Kier alpha value is -12.2. The summed E-state index contributed by atoms with van der Waals surface area (Å²) in [4.78, 5) is 155. The number of nitrogen functional groups attached to an aromatic ring is 1. The zero-order valence-corrected chi connectivity index (χ0v) is 70.1. The maximum Gasteiger partial charge on any atom is 0.340 e. The number of esters is 5. The largest absolute Gasteiger partial charge is 0.478 e. The fraction of sp³-hybridized carbons (Fsp3) is 0.224. The molecule has 10 rings (SSSR count). The number of fused-ring (bicyclic) bond motifs is 1. The highest BCUT2D eigenvalue weighted by Gasteiger charge is 2.34. The molecule has 1 aliphatic rings. The Kier molecular flexibility index (Phi) is 34.4. The van der Waals surface area contributed by atoms with Crippen molar-refractivity contribution in [3.05, 3.63) is 279 Å². The Morgan fingerprint density at radius 3 is 1.19 bits per heavy atom. The molecule has 0 saturated carbocycles. The van der Waals surface area contributed by atoms with Gasteiger partial charge in [0.1, 0.15) is 18.1 Å². The number of anilines is 6. The number of hydrogen-bond donors (Lipinski definition) is 6.